The van der Waals surface area contributed by atoms with Gasteiger partial charge in [-0.1, -0.05) is 0 Å². The zero-order chi connectivity index (χ0) is 62.6. The fourth-order valence-corrected chi connectivity index (χ4v) is 10.4. The summed E-state index contributed by atoms with van der Waals surface area (Å²) in [6.07, 6.45) is 0. The van der Waals surface area contributed by atoms with Crippen molar-refractivity contribution in [1.82, 2.24) is 0 Å². The molecule has 0 aromatic carbocycles. The summed E-state index contributed by atoms with van der Waals surface area (Å²) in [5.74, 6) is 0. The Bertz CT molecular complexity index is 694. The normalized spacial score (nSPS) is 10.5. The molecule has 82 heavy (non-hydrogen) atoms. The van der Waals surface area contributed by atoms with Crippen molar-refractivity contribution in [3.8, 4) is 0 Å². The second-order valence-electron chi connectivity index (χ2n) is 11.9. The first-order valence-corrected chi connectivity index (χ1v) is 37.2. The fourth-order valence-electron chi connectivity index (χ4n) is 3.47. The molecule has 2 radical (unpaired) electrons. The summed E-state index contributed by atoms with van der Waals surface area (Å²) in [7, 11) is -8.82. The predicted octanol–water partition coefficient (Wildman–Crippen LogP) is 18.6. The van der Waals surface area contributed by atoms with Crippen LogP contribution in [0.2, 0.25) is 0 Å². The Balaban J connectivity index is -0.0000000628. The monoisotopic (exact) mass is 1540 g/mol. The standard InChI is InChI=1S/C6H16O3P.7C6H15O3P.2Ru.3H/c8*1-4-7-10(8-5-2)9-6-3;;;;;/h10H,4-6H2,1-3H3;7*4-6H2,1-3H3;;;;;/q+1;;;;;;;;2*+1;3*-1. The van der Waals surface area contributed by atoms with Crippen LogP contribution in [0.25, 0.3) is 0 Å². The van der Waals surface area contributed by atoms with Gasteiger partial charge in [0, 0.05) is 0 Å². The molecule has 0 bridgehead atoms. The van der Waals surface area contributed by atoms with E-state index in [-0.39, 0.29) is 43.2 Å². The zero-order valence-electron chi connectivity index (χ0n) is 58.1. The average molecular weight is 1540 g/mol. The van der Waals surface area contributed by atoms with Gasteiger partial charge < -0.3 is 99.3 Å². The Hall–Kier alpha value is 3.73. The molecule has 516 valence electrons. The first-order valence-electron chi connectivity index (χ1n) is 28.3. The molecule has 0 atom stereocenters. The molecule has 0 aromatic rings. The van der Waals surface area contributed by atoms with E-state index in [4.69, 9.17) is 109 Å². The van der Waals surface area contributed by atoms with E-state index in [0.29, 0.717) is 159 Å². The van der Waals surface area contributed by atoms with Gasteiger partial charge in [-0.2, -0.15) is 13.6 Å². The Labute approximate surface area is 542 Å². The Kier molecular flexibility index (Phi) is 136. The molecule has 0 amide bonds. The molecular formula is C48H124O24P8Ru2. The van der Waals surface area contributed by atoms with Crippen LogP contribution in [0.1, 0.15) is 170 Å². The van der Waals surface area contributed by atoms with E-state index in [0.717, 1.165) is 0 Å². The second-order valence-corrected chi connectivity index (χ2v) is 21.8. The number of hydrogen-bond donors (Lipinski definition) is 0. The van der Waals surface area contributed by atoms with Crippen LogP contribution < -0.4 is 0 Å². The first-order chi connectivity index (χ1) is 38.8. The molecule has 0 heterocycles. The third-order valence-electron chi connectivity index (χ3n) is 5.71. The molecule has 0 fully saturated rings. The molecule has 0 aliphatic heterocycles. The van der Waals surface area contributed by atoms with Crippen LogP contribution in [0.5, 0.6) is 0 Å². The smallest absolute Gasteiger partial charge is 1.00 e. The van der Waals surface area contributed by atoms with Gasteiger partial charge in [-0.3, -0.25) is 0 Å². The summed E-state index contributed by atoms with van der Waals surface area (Å²) in [6.45, 7) is 61.7. The largest absolute Gasteiger partial charge is 1.00 e. The zero-order valence-corrected chi connectivity index (χ0v) is 65.8. The van der Waals surface area contributed by atoms with Crippen molar-refractivity contribution < 1.29 is 152 Å². The third-order valence-corrected chi connectivity index (χ3v) is 17.1. The molecule has 0 saturated heterocycles. The SMILES string of the molecule is CCOP(OCC)OCC.CCOP(OCC)OCC.CCOP(OCC)OCC.CCOP(OCC)OCC.CCOP(OCC)OCC.CCOP(OCC)OCC.CCOP(OCC)OCC.CCO[PH+](OCC)OCC.[H-].[H-].[H-].[Ru+].[Ru+]. The number of rotatable bonds is 48. The van der Waals surface area contributed by atoms with Crippen LogP contribution in [0.15, 0.2) is 0 Å². The van der Waals surface area contributed by atoms with E-state index in [1.807, 2.05) is 166 Å². The fraction of sp³-hybridized carbons (Fsp3) is 1.00. The van der Waals surface area contributed by atoms with E-state index in [1.54, 1.807) is 0 Å². The van der Waals surface area contributed by atoms with Crippen molar-refractivity contribution in [2.75, 3.05) is 159 Å². The third kappa shape index (κ3) is 99.9. The molecule has 0 rings (SSSR count). The maximum absolute atomic E-state index is 5.18. The Morgan fingerprint density at radius 2 is 0.232 bits per heavy atom. The van der Waals surface area contributed by atoms with E-state index in [2.05, 4.69) is 0 Å². The van der Waals surface area contributed by atoms with Crippen LogP contribution in [-0.4, -0.2) is 159 Å². The van der Waals surface area contributed by atoms with Crippen molar-refractivity contribution in [2.24, 2.45) is 0 Å². The van der Waals surface area contributed by atoms with Gasteiger partial charge in [0.25, 0.3) is 0 Å². The van der Waals surface area contributed by atoms with E-state index >= 15 is 0 Å². The molecule has 24 nitrogen and oxygen atoms in total. The van der Waals surface area contributed by atoms with Gasteiger partial charge in [0.2, 0.25) is 0 Å². The van der Waals surface area contributed by atoms with Gasteiger partial charge in [0.15, 0.2) is 0 Å². The minimum Gasteiger partial charge on any atom is -1.00 e. The van der Waals surface area contributed by atoms with Gasteiger partial charge in [-0.15, -0.1) is 0 Å². The molecule has 34 heteroatoms. The van der Waals surface area contributed by atoms with Gasteiger partial charge in [-0.05, 0) is 166 Å². The summed E-state index contributed by atoms with van der Waals surface area (Å²) >= 11 is 0. The average Bonchev–Trinajstić information content (AvgIpc) is 3.42. The molecule has 0 saturated carbocycles. The summed E-state index contributed by atoms with van der Waals surface area (Å²) in [5, 5.41) is 0. The maximum atomic E-state index is 5.18. The minimum absolute atomic E-state index is 0. The Morgan fingerprint density at radius 3 is 0.280 bits per heavy atom. The van der Waals surface area contributed by atoms with Crippen molar-refractivity contribution in [1.29, 1.82) is 0 Å². The topological polar surface area (TPSA) is 222 Å². The van der Waals surface area contributed by atoms with E-state index in [1.165, 1.54) is 0 Å². The molecular weight excluding hydrogens is 1410 g/mol. The Morgan fingerprint density at radius 1 is 0.159 bits per heavy atom. The second kappa shape index (κ2) is 104. The molecule has 0 spiro atoms. The molecule has 0 aromatic heterocycles. The number of hydrogen-bond acceptors (Lipinski definition) is 24. The van der Waals surface area contributed by atoms with Crippen LogP contribution >= 0.6 is 68.8 Å². The van der Waals surface area contributed by atoms with Gasteiger partial charge in [0.05, 0.1) is 159 Å². The minimum atomic E-state index is -1.40. The summed E-state index contributed by atoms with van der Waals surface area (Å²) in [4.78, 5) is 0. The van der Waals surface area contributed by atoms with Crippen molar-refractivity contribution in [2.45, 2.75) is 166 Å². The summed E-state index contributed by atoms with van der Waals surface area (Å²) in [5.41, 5.74) is 0. The predicted molar refractivity (Wildman–Crippen MR) is 339 cm³/mol. The quantitative estimate of drug-likeness (QED) is 0.0408. The van der Waals surface area contributed by atoms with E-state index < -0.39 is 68.8 Å². The maximum Gasteiger partial charge on any atom is 1.00 e. The van der Waals surface area contributed by atoms with Crippen LogP contribution in [0.4, 0.5) is 0 Å². The summed E-state index contributed by atoms with van der Waals surface area (Å²) < 4.78 is 124. The molecule has 0 unspecified atom stereocenters. The summed E-state index contributed by atoms with van der Waals surface area (Å²) in [6, 6.07) is 0. The first kappa shape index (κ1) is 107. The van der Waals surface area contributed by atoms with Crippen molar-refractivity contribution in [3.63, 3.8) is 0 Å². The van der Waals surface area contributed by atoms with Gasteiger partial charge in [-0.25, -0.2) is 0 Å². The van der Waals surface area contributed by atoms with Crippen LogP contribution in [0, 0.1) is 0 Å². The molecule has 0 N–H and O–H groups in total. The van der Waals surface area contributed by atoms with Crippen LogP contribution in [-0.2, 0) is 148 Å². The van der Waals surface area contributed by atoms with Gasteiger partial charge in [0.1, 0.15) is 0 Å². The van der Waals surface area contributed by atoms with Gasteiger partial charge >= 0.3 is 108 Å². The van der Waals surface area contributed by atoms with Crippen LogP contribution in [0.3, 0.4) is 0 Å². The van der Waals surface area contributed by atoms with Crippen molar-refractivity contribution in [3.05, 3.63) is 0 Å². The molecule has 0 aliphatic carbocycles. The molecule has 0 aliphatic rings. The van der Waals surface area contributed by atoms with Crippen molar-refractivity contribution >= 4 is 68.8 Å². The van der Waals surface area contributed by atoms with E-state index in [9.17, 15) is 0 Å².